The van der Waals surface area contributed by atoms with Crippen molar-refractivity contribution in [3.8, 4) is 0 Å². The Kier molecular flexibility index (Phi) is 6.98. The Morgan fingerprint density at radius 3 is 2.81 bits per heavy atom. The van der Waals surface area contributed by atoms with Crippen LogP contribution >= 0.6 is 0 Å². The van der Waals surface area contributed by atoms with Crippen molar-refractivity contribution in [2.24, 2.45) is 0 Å². The predicted octanol–water partition coefficient (Wildman–Crippen LogP) is 1.97. The number of carbonyl (C=O) groups excluding carboxylic acids is 1. The third-order valence-electron chi connectivity index (χ3n) is 3.49. The number of nitrogens with one attached hydrogen (secondary N) is 2. The van der Waals surface area contributed by atoms with Gasteiger partial charge < -0.3 is 15.4 Å². The molecule has 0 aromatic heterocycles. The van der Waals surface area contributed by atoms with Gasteiger partial charge in [0.15, 0.2) is 0 Å². The zero-order valence-electron chi connectivity index (χ0n) is 12.4. The van der Waals surface area contributed by atoms with Gasteiger partial charge in [-0.2, -0.15) is 0 Å². The van der Waals surface area contributed by atoms with Gasteiger partial charge in [0.1, 0.15) is 0 Å². The molecule has 0 unspecified atom stereocenters. The fourth-order valence-electron chi connectivity index (χ4n) is 2.29. The van der Waals surface area contributed by atoms with Crippen LogP contribution in [0.1, 0.15) is 24.8 Å². The first-order chi connectivity index (χ1) is 10.3. The van der Waals surface area contributed by atoms with Crippen molar-refractivity contribution in [1.82, 2.24) is 10.6 Å². The van der Waals surface area contributed by atoms with E-state index in [1.54, 1.807) is 6.08 Å². The molecule has 21 heavy (non-hydrogen) atoms. The lowest BCUT2D eigenvalue weighted by Crippen LogP contribution is -2.33. The fraction of sp³-hybridized carbons (Fsp3) is 0.471. The number of rotatable bonds is 7. The Morgan fingerprint density at radius 1 is 1.29 bits per heavy atom. The van der Waals surface area contributed by atoms with Crippen molar-refractivity contribution in [2.75, 3.05) is 26.2 Å². The van der Waals surface area contributed by atoms with E-state index in [9.17, 15) is 4.79 Å². The summed E-state index contributed by atoms with van der Waals surface area (Å²) in [5, 5.41) is 6.19. The number of amides is 1. The third kappa shape index (κ3) is 6.56. The molecule has 0 aliphatic carbocycles. The lowest BCUT2D eigenvalue weighted by molar-refractivity contribution is -0.116. The van der Waals surface area contributed by atoms with E-state index >= 15 is 0 Å². The van der Waals surface area contributed by atoms with Crippen molar-refractivity contribution in [3.63, 3.8) is 0 Å². The number of ether oxygens (including phenoxy) is 1. The summed E-state index contributed by atoms with van der Waals surface area (Å²) in [4.78, 5) is 11.6. The smallest absolute Gasteiger partial charge is 0.244 e. The lowest BCUT2D eigenvalue weighted by atomic mass is 10.1. The van der Waals surface area contributed by atoms with Crippen LogP contribution in [0.5, 0.6) is 0 Å². The molecular weight excluding hydrogens is 264 g/mol. The molecule has 1 aromatic rings. The molecule has 1 aliphatic rings. The third-order valence-corrected chi connectivity index (χ3v) is 3.49. The monoisotopic (exact) mass is 288 g/mol. The molecule has 1 saturated heterocycles. The highest BCUT2D eigenvalue weighted by molar-refractivity contribution is 5.91. The molecule has 1 aliphatic heterocycles. The van der Waals surface area contributed by atoms with Crippen LogP contribution in [0.25, 0.3) is 6.08 Å². The highest BCUT2D eigenvalue weighted by atomic mass is 16.5. The van der Waals surface area contributed by atoms with Crippen molar-refractivity contribution >= 4 is 12.0 Å². The molecular formula is C17H24N2O2. The predicted molar refractivity (Wildman–Crippen MR) is 84.9 cm³/mol. The second-order valence-corrected chi connectivity index (χ2v) is 5.21. The Bertz CT molecular complexity index is 439. The Balaban J connectivity index is 1.54. The Morgan fingerprint density at radius 2 is 2.05 bits per heavy atom. The van der Waals surface area contributed by atoms with Crippen LogP contribution < -0.4 is 10.6 Å². The summed E-state index contributed by atoms with van der Waals surface area (Å²) in [6.45, 7) is 3.47. The summed E-state index contributed by atoms with van der Waals surface area (Å²) in [5.74, 6) is -0.0549. The molecule has 0 bridgehead atoms. The largest absolute Gasteiger partial charge is 0.378 e. The molecule has 4 nitrogen and oxygen atoms in total. The SMILES string of the molecule is O=C(C=Cc1ccccc1)NCCCOC1CCNCC1. The van der Waals surface area contributed by atoms with Gasteiger partial charge in [-0.05, 0) is 44.0 Å². The molecule has 0 spiro atoms. The van der Waals surface area contributed by atoms with Crippen molar-refractivity contribution in [3.05, 3.63) is 42.0 Å². The molecule has 1 amide bonds. The Labute approximate surface area is 126 Å². The van der Waals surface area contributed by atoms with Gasteiger partial charge in [-0.15, -0.1) is 0 Å². The van der Waals surface area contributed by atoms with Crippen molar-refractivity contribution in [2.45, 2.75) is 25.4 Å². The molecule has 0 atom stereocenters. The summed E-state index contributed by atoms with van der Waals surface area (Å²) < 4.78 is 5.78. The minimum atomic E-state index is -0.0549. The molecule has 4 heteroatoms. The first-order valence-corrected chi connectivity index (χ1v) is 7.68. The van der Waals surface area contributed by atoms with E-state index in [1.807, 2.05) is 36.4 Å². The molecule has 1 aromatic carbocycles. The zero-order valence-corrected chi connectivity index (χ0v) is 12.4. The maximum absolute atomic E-state index is 11.6. The first-order valence-electron chi connectivity index (χ1n) is 7.68. The van der Waals surface area contributed by atoms with Crippen LogP contribution in [0, 0.1) is 0 Å². The number of carbonyl (C=O) groups is 1. The molecule has 1 fully saturated rings. The quantitative estimate of drug-likeness (QED) is 0.596. The van der Waals surface area contributed by atoms with Crippen molar-refractivity contribution in [1.29, 1.82) is 0 Å². The number of hydrogen-bond donors (Lipinski definition) is 2. The van der Waals surface area contributed by atoms with Crippen LogP contribution in [-0.4, -0.2) is 38.3 Å². The van der Waals surface area contributed by atoms with Crippen molar-refractivity contribution < 1.29 is 9.53 Å². The molecule has 114 valence electrons. The number of benzene rings is 1. The molecule has 2 rings (SSSR count). The summed E-state index contributed by atoms with van der Waals surface area (Å²) >= 11 is 0. The van der Waals surface area contributed by atoms with Gasteiger partial charge in [-0.1, -0.05) is 30.3 Å². The van der Waals surface area contributed by atoms with Crippen LogP contribution in [0.4, 0.5) is 0 Å². The van der Waals surface area contributed by atoms with Gasteiger partial charge in [-0.25, -0.2) is 0 Å². The number of piperidine rings is 1. The van der Waals surface area contributed by atoms with E-state index in [-0.39, 0.29) is 5.91 Å². The Hall–Kier alpha value is -1.65. The van der Waals surface area contributed by atoms with E-state index < -0.39 is 0 Å². The highest BCUT2D eigenvalue weighted by Gasteiger charge is 2.12. The van der Waals surface area contributed by atoms with Crippen LogP contribution in [0.3, 0.4) is 0 Å². The second-order valence-electron chi connectivity index (χ2n) is 5.21. The van der Waals surface area contributed by atoms with Gasteiger partial charge in [0.25, 0.3) is 0 Å². The van der Waals surface area contributed by atoms with E-state index in [0.717, 1.165) is 37.9 Å². The van der Waals surface area contributed by atoms with Gasteiger partial charge in [0.2, 0.25) is 5.91 Å². The van der Waals surface area contributed by atoms with Gasteiger partial charge >= 0.3 is 0 Å². The maximum Gasteiger partial charge on any atom is 0.244 e. The summed E-state index contributed by atoms with van der Waals surface area (Å²) in [6, 6.07) is 9.80. The average molecular weight is 288 g/mol. The summed E-state index contributed by atoms with van der Waals surface area (Å²) in [5.41, 5.74) is 1.03. The first kappa shape index (κ1) is 15.7. The highest BCUT2D eigenvalue weighted by Crippen LogP contribution is 2.07. The molecule has 1 heterocycles. The average Bonchev–Trinajstić information content (AvgIpc) is 2.54. The van der Waals surface area contributed by atoms with E-state index in [0.29, 0.717) is 19.3 Å². The standard InChI is InChI=1S/C17H24N2O2/c20-17(8-7-15-5-2-1-3-6-15)19-11-4-14-21-16-9-12-18-13-10-16/h1-3,5-8,16,18H,4,9-14H2,(H,19,20). The summed E-state index contributed by atoms with van der Waals surface area (Å²) in [7, 11) is 0. The zero-order chi connectivity index (χ0) is 14.8. The van der Waals surface area contributed by atoms with Gasteiger partial charge in [0.05, 0.1) is 6.10 Å². The second kappa shape index (κ2) is 9.32. The molecule has 2 N–H and O–H groups in total. The van der Waals surface area contributed by atoms with Crippen LogP contribution in [0.2, 0.25) is 0 Å². The number of hydrogen-bond acceptors (Lipinski definition) is 3. The normalized spacial score (nSPS) is 16.2. The van der Waals surface area contributed by atoms with Gasteiger partial charge in [0, 0.05) is 19.2 Å². The van der Waals surface area contributed by atoms with E-state index in [1.165, 1.54) is 0 Å². The summed E-state index contributed by atoms with van der Waals surface area (Å²) in [6.07, 6.45) is 6.82. The van der Waals surface area contributed by atoms with Crippen LogP contribution in [0.15, 0.2) is 36.4 Å². The topological polar surface area (TPSA) is 50.4 Å². The molecule has 0 saturated carbocycles. The molecule has 0 radical (unpaired) electrons. The minimum Gasteiger partial charge on any atom is -0.378 e. The fourth-order valence-corrected chi connectivity index (χ4v) is 2.29. The maximum atomic E-state index is 11.6. The van der Waals surface area contributed by atoms with E-state index in [2.05, 4.69) is 10.6 Å². The van der Waals surface area contributed by atoms with E-state index in [4.69, 9.17) is 4.74 Å². The minimum absolute atomic E-state index is 0.0549. The van der Waals surface area contributed by atoms with Gasteiger partial charge in [-0.3, -0.25) is 4.79 Å². The van der Waals surface area contributed by atoms with Crippen LogP contribution in [-0.2, 0) is 9.53 Å². The lowest BCUT2D eigenvalue weighted by Gasteiger charge is -2.22.